The summed E-state index contributed by atoms with van der Waals surface area (Å²) in [7, 11) is 0. The molecule has 0 atom stereocenters. The van der Waals surface area contributed by atoms with Crippen LogP contribution in [0, 0.1) is 6.92 Å². The first-order valence-electron chi connectivity index (χ1n) is 9.70. The lowest BCUT2D eigenvalue weighted by atomic mass is 10.00. The fourth-order valence-electron chi connectivity index (χ4n) is 3.66. The predicted molar refractivity (Wildman–Crippen MR) is 111 cm³/mol. The molecule has 29 heavy (non-hydrogen) atoms. The highest BCUT2D eigenvalue weighted by molar-refractivity contribution is 5.69. The summed E-state index contributed by atoms with van der Waals surface area (Å²) in [6, 6.07) is 3.86. The second-order valence-corrected chi connectivity index (χ2v) is 6.85. The molecule has 0 spiro atoms. The SMILES string of the molecule is CCNCCc1c(C)[nH]c(Cc2nccnc2-c2c[nH][nH]c2=O)c1-c1ccco1. The van der Waals surface area contributed by atoms with Crippen LogP contribution in [-0.4, -0.2) is 38.2 Å². The molecule has 0 aliphatic heterocycles. The number of hydrogen-bond donors (Lipinski definition) is 4. The Hall–Kier alpha value is -3.39. The molecule has 0 amide bonds. The standard InChI is InChI=1S/C21H24N6O2/c1-3-22-7-6-14-13(2)26-16(19(14)18-5-4-10-29-18)11-17-20(24-9-8-23-17)15-12-25-27-21(15)28/h4-5,8-10,12,22,26H,3,6-7,11H2,1-2H3,(H2,25,27,28). The molecule has 4 heterocycles. The van der Waals surface area contributed by atoms with Crippen LogP contribution in [0.1, 0.15) is 29.6 Å². The van der Waals surface area contributed by atoms with E-state index in [1.165, 1.54) is 5.56 Å². The average Bonchev–Trinajstić information content (AvgIpc) is 3.44. The molecule has 4 aromatic heterocycles. The van der Waals surface area contributed by atoms with E-state index in [1.807, 2.05) is 12.1 Å². The molecule has 0 saturated heterocycles. The van der Waals surface area contributed by atoms with Crippen LogP contribution in [0.15, 0.2) is 46.2 Å². The van der Waals surface area contributed by atoms with Crippen LogP contribution in [0.25, 0.3) is 22.6 Å². The van der Waals surface area contributed by atoms with Gasteiger partial charge in [-0.3, -0.25) is 19.9 Å². The van der Waals surface area contributed by atoms with E-state index in [2.05, 4.69) is 44.3 Å². The number of nitrogens with zero attached hydrogens (tertiary/aromatic N) is 2. The molecular weight excluding hydrogens is 368 g/mol. The Kier molecular flexibility index (Phi) is 5.44. The van der Waals surface area contributed by atoms with Crippen molar-refractivity contribution in [2.75, 3.05) is 13.1 Å². The third-order valence-corrected chi connectivity index (χ3v) is 4.98. The summed E-state index contributed by atoms with van der Waals surface area (Å²) in [5.41, 5.74) is 5.94. The van der Waals surface area contributed by atoms with Crippen molar-refractivity contribution in [1.82, 2.24) is 30.5 Å². The normalized spacial score (nSPS) is 11.2. The van der Waals surface area contributed by atoms with Gasteiger partial charge in [-0.25, -0.2) is 0 Å². The lowest BCUT2D eigenvalue weighted by molar-refractivity contribution is 0.580. The predicted octanol–water partition coefficient (Wildman–Crippen LogP) is 2.80. The van der Waals surface area contributed by atoms with Crippen molar-refractivity contribution in [2.45, 2.75) is 26.7 Å². The molecule has 8 nitrogen and oxygen atoms in total. The van der Waals surface area contributed by atoms with Crippen LogP contribution in [0.4, 0.5) is 0 Å². The Morgan fingerprint density at radius 1 is 1.24 bits per heavy atom. The van der Waals surface area contributed by atoms with Crippen molar-refractivity contribution in [3.05, 3.63) is 70.0 Å². The summed E-state index contributed by atoms with van der Waals surface area (Å²) in [5.74, 6) is 0.820. The molecule has 8 heteroatoms. The Balaban J connectivity index is 1.76. The first-order valence-corrected chi connectivity index (χ1v) is 9.70. The van der Waals surface area contributed by atoms with Crippen LogP contribution in [0.2, 0.25) is 0 Å². The number of nitrogens with one attached hydrogen (secondary N) is 4. The number of likely N-dealkylation sites (N-methyl/N-ethyl adjacent to an activating group) is 1. The fraction of sp³-hybridized carbons (Fsp3) is 0.286. The molecule has 0 fully saturated rings. The van der Waals surface area contributed by atoms with Crippen molar-refractivity contribution in [3.63, 3.8) is 0 Å². The molecule has 0 radical (unpaired) electrons. The highest BCUT2D eigenvalue weighted by Crippen LogP contribution is 2.33. The van der Waals surface area contributed by atoms with Gasteiger partial charge in [0.15, 0.2) is 0 Å². The molecule has 0 bridgehead atoms. The van der Waals surface area contributed by atoms with Gasteiger partial charge in [-0.15, -0.1) is 0 Å². The summed E-state index contributed by atoms with van der Waals surface area (Å²) in [5, 5.41) is 8.66. The molecule has 0 aromatic carbocycles. The number of hydrogen-bond acceptors (Lipinski definition) is 5. The van der Waals surface area contributed by atoms with E-state index in [1.54, 1.807) is 24.9 Å². The van der Waals surface area contributed by atoms with Crippen molar-refractivity contribution < 1.29 is 4.42 Å². The molecule has 0 aliphatic carbocycles. The van der Waals surface area contributed by atoms with Gasteiger partial charge < -0.3 is 19.8 Å². The molecule has 4 aromatic rings. The largest absolute Gasteiger partial charge is 0.464 e. The Labute approximate surface area is 167 Å². The van der Waals surface area contributed by atoms with Crippen LogP contribution < -0.4 is 10.9 Å². The maximum Gasteiger partial charge on any atom is 0.273 e. The summed E-state index contributed by atoms with van der Waals surface area (Å²) in [4.78, 5) is 24.5. The van der Waals surface area contributed by atoms with Gasteiger partial charge in [0.1, 0.15) is 5.76 Å². The van der Waals surface area contributed by atoms with E-state index < -0.39 is 0 Å². The van der Waals surface area contributed by atoms with Crippen LogP contribution in [0.3, 0.4) is 0 Å². The molecule has 4 N–H and O–H groups in total. The molecule has 0 saturated carbocycles. The third kappa shape index (κ3) is 3.79. The van der Waals surface area contributed by atoms with E-state index in [9.17, 15) is 4.79 Å². The van der Waals surface area contributed by atoms with Crippen molar-refractivity contribution >= 4 is 0 Å². The van der Waals surface area contributed by atoms with Gasteiger partial charge in [0, 0.05) is 42.0 Å². The summed E-state index contributed by atoms with van der Waals surface area (Å²) >= 11 is 0. The van der Waals surface area contributed by atoms with Gasteiger partial charge in [-0.05, 0) is 44.1 Å². The number of H-pyrrole nitrogens is 3. The smallest absolute Gasteiger partial charge is 0.273 e. The number of aromatic amines is 3. The monoisotopic (exact) mass is 392 g/mol. The van der Waals surface area contributed by atoms with Crippen LogP contribution in [-0.2, 0) is 12.8 Å². The zero-order valence-corrected chi connectivity index (χ0v) is 16.5. The molecular formula is C21H24N6O2. The maximum atomic E-state index is 12.1. The van der Waals surface area contributed by atoms with E-state index >= 15 is 0 Å². The second-order valence-electron chi connectivity index (χ2n) is 6.85. The first-order chi connectivity index (χ1) is 14.2. The Bertz CT molecular complexity index is 1140. The highest BCUT2D eigenvalue weighted by atomic mass is 16.3. The van der Waals surface area contributed by atoms with Gasteiger partial charge >= 0.3 is 0 Å². The Morgan fingerprint density at radius 2 is 2.10 bits per heavy atom. The van der Waals surface area contributed by atoms with Crippen LogP contribution in [0.5, 0.6) is 0 Å². The molecule has 150 valence electrons. The lowest BCUT2D eigenvalue weighted by Gasteiger charge is -2.08. The first kappa shape index (κ1) is 18.9. The number of furan rings is 1. The van der Waals surface area contributed by atoms with E-state index in [0.29, 0.717) is 17.7 Å². The minimum Gasteiger partial charge on any atom is -0.464 e. The topological polar surface area (TPSA) is 115 Å². The summed E-state index contributed by atoms with van der Waals surface area (Å²) < 4.78 is 5.74. The van der Waals surface area contributed by atoms with Gasteiger partial charge in [-0.1, -0.05) is 6.92 Å². The minimum atomic E-state index is -0.216. The summed E-state index contributed by atoms with van der Waals surface area (Å²) in [6.45, 7) is 5.99. The quantitative estimate of drug-likeness (QED) is 0.344. The molecule has 0 aliphatic rings. The van der Waals surface area contributed by atoms with Gasteiger partial charge in [0.2, 0.25) is 0 Å². The summed E-state index contributed by atoms with van der Waals surface area (Å²) in [6.07, 6.45) is 7.94. The second kappa shape index (κ2) is 8.32. The van der Waals surface area contributed by atoms with Crippen LogP contribution >= 0.6 is 0 Å². The third-order valence-electron chi connectivity index (χ3n) is 4.98. The molecule has 0 unspecified atom stereocenters. The van der Waals surface area contributed by atoms with Crippen molar-refractivity contribution in [2.24, 2.45) is 0 Å². The average molecular weight is 392 g/mol. The molecule has 4 rings (SSSR count). The fourth-order valence-corrected chi connectivity index (χ4v) is 3.66. The highest BCUT2D eigenvalue weighted by Gasteiger charge is 2.21. The van der Waals surface area contributed by atoms with Gasteiger partial charge in [-0.2, -0.15) is 0 Å². The maximum absolute atomic E-state index is 12.1. The van der Waals surface area contributed by atoms with Crippen molar-refractivity contribution in [3.8, 4) is 22.6 Å². The number of rotatable bonds is 8. The van der Waals surface area contributed by atoms with Gasteiger partial charge in [0.25, 0.3) is 5.56 Å². The van der Waals surface area contributed by atoms with Crippen molar-refractivity contribution in [1.29, 1.82) is 0 Å². The zero-order valence-electron chi connectivity index (χ0n) is 16.5. The number of aryl methyl sites for hydroxylation is 1. The Morgan fingerprint density at radius 3 is 2.83 bits per heavy atom. The minimum absolute atomic E-state index is 0.216. The zero-order chi connectivity index (χ0) is 20.2. The van der Waals surface area contributed by atoms with E-state index in [0.717, 1.165) is 47.9 Å². The lowest BCUT2D eigenvalue weighted by Crippen LogP contribution is -2.16. The van der Waals surface area contributed by atoms with E-state index in [4.69, 9.17) is 4.42 Å². The van der Waals surface area contributed by atoms with Gasteiger partial charge in [0.05, 0.1) is 23.2 Å². The number of aromatic nitrogens is 5. The van der Waals surface area contributed by atoms with E-state index in [-0.39, 0.29) is 5.56 Å².